The second-order valence-corrected chi connectivity index (χ2v) is 6.19. The molecule has 0 amide bonds. The van der Waals surface area contributed by atoms with Crippen LogP contribution in [0.25, 0.3) is 0 Å². The number of piperidine rings is 1. The molecular formula is C17H25NO2. The van der Waals surface area contributed by atoms with Crippen molar-refractivity contribution in [3.05, 3.63) is 35.9 Å². The van der Waals surface area contributed by atoms with E-state index < -0.39 is 11.4 Å². The predicted octanol–water partition coefficient (Wildman–Crippen LogP) is 3.20. The molecule has 1 unspecified atom stereocenters. The summed E-state index contributed by atoms with van der Waals surface area (Å²) < 4.78 is 0. The highest BCUT2D eigenvalue weighted by molar-refractivity contribution is 5.74. The van der Waals surface area contributed by atoms with Gasteiger partial charge < -0.3 is 10.0 Å². The smallest absolute Gasteiger partial charge is 0.310 e. The van der Waals surface area contributed by atoms with Crippen LogP contribution < -0.4 is 0 Å². The number of likely N-dealkylation sites (tertiary alicyclic amines) is 1. The molecule has 1 N–H and O–H groups in total. The lowest BCUT2D eigenvalue weighted by molar-refractivity contribution is -0.151. The SMILES string of the molecule is CC1(C(=O)O)CCCN(CCCCc2ccccc2)C1. The van der Waals surface area contributed by atoms with E-state index in [-0.39, 0.29) is 0 Å². The van der Waals surface area contributed by atoms with Crippen molar-refractivity contribution < 1.29 is 9.90 Å². The Labute approximate surface area is 121 Å². The molecule has 1 heterocycles. The number of unbranched alkanes of at least 4 members (excludes halogenated alkanes) is 1. The van der Waals surface area contributed by atoms with Crippen LogP contribution in [0.2, 0.25) is 0 Å². The van der Waals surface area contributed by atoms with Crippen LogP contribution in [0.15, 0.2) is 30.3 Å². The highest BCUT2D eigenvalue weighted by atomic mass is 16.4. The lowest BCUT2D eigenvalue weighted by atomic mass is 9.82. The van der Waals surface area contributed by atoms with Gasteiger partial charge in [0.05, 0.1) is 5.41 Å². The van der Waals surface area contributed by atoms with Crippen molar-refractivity contribution >= 4 is 5.97 Å². The second-order valence-electron chi connectivity index (χ2n) is 6.19. The zero-order valence-electron chi connectivity index (χ0n) is 12.3. The van der Waals surface area contributed by atoms with Gasteiger partial charge in [-0.05, 0) is 57.7 Å². The molecule has 1 aliphatic rings. The van der Waals surface area contributed by atoms with E-state index in [1.165, 1.54) is 12.0 Å². The Hall–Kier alpha value is -1.35. The summed E-state index contributed by atoms with van der Waals surface area (Å²) in [7, 11) is 0. The third kappa shape index (κ3) is 4.07. The molecule has 110 valence electrons. The van der Waals surface area contributed by atoms with Crippen molar-refractivity contribution in [2.75, 3.05) is 19.6 Å². The van der Waals surface area contributed by atoms with E-state index in [1.807, 2.05) is 13.0 Å². The van der Waals surface area contributed by atoms with Crippen molar-refractivity contribution in [1.29, 1.82) is 0 Å². The Kier molecular flexibility index (Phi) is 5.18. The molecule has 1 aliphatic heterocycles. The van der Waals surface area contributed by atoms with E-state index in [4.69, 9.17) is 0 Å². The van der Waals surface area contributed by atoms with Crippen molar-refractivity contribution in [3.63, 3.8) is 0 Å². The van der Waals surface area contributed by atoms with Gasteiger partial charge in [-0.2, -0.15) is 0 Å². The zero-order valence-corrected chi connectivity index (χ0v) is 12.3. The Morgan fingerprint density at radius 1 is 1.30 bits per heavy atom. The maximum absolute atomic E-state index is 11.3. The average Bonchev–Trinajstić information content (AvgIpc) is 2.45. The first-order valence-electron chi connectivity index (χ1n) is 7.60. The summed E-state index contributed by atoms with van der Waals surface area (Å²) in [5.74, 6) is -0.647. The molecule has 3 nitrogen and oxygen atoms in total. The van der Waals surface area contributed by atoms with E-state index in [0.717, 1.165) is 38.8 Å². The lowest BCUT2D eigenvalue weighted by Gasteiger charge is -2.37. The monoisotopic (exact) mass is 275 g/mol. The van der Waals surface area contributed by atoms with E-state index in [0.29, 0.717) is 6.54 Å². The standard InChI is InChI=1S/C17H25NO2/c1-17(16(19)20)11-7-13-18(14-17)12-6-5-10-15-8-3-2-4-9-15/h2-4,8-9H,5-7,10-14H2,1H3,(H,19,20). The highest BCUT2D eigenvalue weighted by Crippen LogP contribution is 2.29. The number of rotatable bonds is 6. The van der Waals surface area contributed by atoms with E-state index >= 15 is 0 Å². The fourth-order valence-corrected chi connectivity index (χ4v) is 3.02. The maximum Gasteiger partial charge on any atom is 0.310 e. The molecule has 1 fully saturated rings. The zero-order chi connectivity index (χ0) is 14.4. The van der Waals surface area contributed by atoms with Gasteiger partial charge in [-0.25, -0.2) is 0 Å². The Morgan fingerprint density at radius 3 is 2.75 bits per heavy atom. The van der Waals surface area contributed by atoms with Crippen molar-refractivity contribution in [3.8, 4) is 0 Å². The fraction of sp³-hybridized carbons (Fsp3) is 0.588. The highest BCUT2D eigenvalue weighted by Gasteiger charge is 2.37. The van der Waals surface area contributed by atoms with Crippen molar-refractivity contribution in [2.24, 2.45) is 5.41 Å². The van der Waals surface area contributed by atoms with Crippen LogP contribution in [0.1, 0.15) is 38.2 Å². The third-order valence-electron chi connectivity index (χ3n) is 4.32. The van der Waals surface area contributed by atoms with Crippen LogP contribution in [-0.4, -0.2) is 35.6 Å². The van der Waals surface area contributed by atoms with Crippen LogP contribution in [0.5, 0.6) is 0 Å². The minimum absolute atomic E-state index is 0.544. The molecule has 0 bridgehead atoms. The number of hydrogen-bond acceptors (Lipinski definition) is 2. The van der Waals surface area contributed by atoms with Gasteiger partial charge in [-0.1, -0.05) is 30.3 Å². The van der Waals surface area contributed by atoms with Gasteiger partial charge in [0.25, 0.3) is 0 Å². The predicted molar refractivity (Wildman–Crippen MR) is 80.8 cm³/mol. The second kappa shape index (κ2) is 6.89. The first-order chi connectivity index (χ1) is 9.60. The lowest BCUT2D eigenvalue weighted by Crippen LogP contribution is -2.46. The van der Waals surface area contributed by atoms with Gasteiger partial charge in [0.1, 0.15) is 0 Å². The maximum atomic E-state index is 11.3. The van der Waals surface area contributed by atoms with E-state index in [9.17, 15) is 9.90 Å². The number of aliphatic carboxylic acids is 1. The molecule has 0 aliphatic carbocycles. The Balaban J connectivity index is 1.70. The summed E-state index contributed by atoms with van der Waals surface area (Å²) in [6.45, 7) is 4.66. The molecule has 0 aromatic heterocycles. The van der Waals surface area contributed by atoms with Crippen LogP contribution in [0.3, 0.4) is 0 Å². The van der Waals surface area contributed by atoms with Gasteiger partial charge in [0.2, 0.25) is 0 Å². The normalized spacial score (nSPS) is 23.6. The van der Waals surface area contributed by atoms with Crippen LogP contribution in [0.4, 0.5) is 0 Å². The molecule has 1 atom stereocenters. The molecule has 0 spiro atoms. The number of aryl methyl sites for hydroxylation is 1. The Bertz CT molecular complexity index is 432. The summed E-state index contributed by atoms with van der Waals surface area (Å²) in [4.78, 5) is 13.6. The quantitative estimate of drug-likeness (QED) is 0.811. The van der Waals surface area contributed by atoms with Crippen molar-refractivity contribution in [2.45, 2.75) is 39.0 Å². The van der Waals surface area contributed by atoms with E-state index in [2.05, 4.69) is 29.2 Å². The number of carbonyl (C=O) groups is 1. The van der Waals surface area contributed by atoms with E-state index in [1.54, 1.807) is 0 Å². The molecule has 0 saturated carbocycles. The number of carboxylic acid groups (broad SMARTS) is 1. The molecule has 2 rings (SSSR count). The van der Waals surface area contributed by atoms with Gasteiger partial charge >= 0.3 is 5.97 Å². The first-order valence-corrected chi connectivity index (χ1v) is 7.60. The van der Waals surface area contributed by atoms with Gasteiger partial charge in [0, 0.05) is 6.54 Å². The summed E-state index contributed by atoms with van der Waals surface area (Å²) in [5.41, 5.74) is 0.846. The molecule has 3 heteroatoms. The minimum atomic E-state index is -0.647. The summed E-state index contributed by atoms with van der Waals surface area (Å²) in [6.07, 6.45) is 5.24. The topological polar surface area (TPSA) is 40.5 Å². The minimum Gasteiger partial charge on any atom is -0.481 e. The number of nitrogens with zero attached hydrogens (tertiary/aromatic N) is 1. The van der Waals surface area contributed by atoms with Gasteiger partial charge in [0.15, 0.2) is 0 Å². The summed E-state index contributed by atoms with van der Waals surface area (Å²) >= 11 is 0. The molecule has 1 saturated heterocycles. The fourth-order valence-electron chi connectivity index (χ4n) is 3.02. The number of carboxylic acids is 1. The number of hydrogen-bond donors (Lipinski definition) is 1. The molecule has 0 radical (unpaired) electrons. The number of benzene rings is 1. The van der Waals surface area contributed by atoms with Crippen LogP contribution in [-0.2, 0) is 11.2 Å². The Morgan fingerprint density at radius 2 is 2.05 bits per heavy atom. The summed E-state index contributed by atoms with van der Waals surface area (Å²) in [6, 6.07) is 10.5. The first kappa shape index (κ1) is 15.0. The average molecular weight is 275 g/mol. The van der Waals surface area contributed by atoms with Crippen LogP contribution >= 0.6 is 0 Å². The molecular weight excluding hydrogens is 250 g/mol. The molecule has 20 heavy (non-hydrogen) atoms. The van der Waals surface area contributed by atoms with Crippen molar-refractivity contribution in [1.82, 2.24) is 4.90 Å². The third-order valence-corrected chi connectivity index (χ3v) is 4.32. The largest absolute Gasteiger partial charge is 0.481 e. The molecule has 1 aromatic carbocycles. The van der Waals surface area contributed by atoms with Gasteiger partial charge in [-0.3, -0.25) is 4.79 Å². The van der Waals surface area contributed by atoms with Gasteiger partial charge in [-0.15, -0.1) is 0 Å². The molecule has 1 aromatic rings. The summed E-state index contributed by atoms with van der Waals surface area (Å²) in [5, 5.41) is 9.31. The van der Waals surface area contributed by atoms with Crippen LogP contribution in [0, 0.1) is 5.41 Å².